The summed E-state index contributed by atoms with van der Waals surface area (Å²) in [5, 5.41) is 3.63. The van der Waals surface area contributed by atoms with Gasteiger partial charge in [-0.25, -0.2) is 4.79 Å². The van der Waals surface area contributed by atoms with Crippen molar-refractivity contribution in [2.75, 3.05) is 14.2 Å². The molecule has 1 aromatic heterocycles. The summed E-state index contributed by atoms with van der Waals surface area (Å²) in [4.78, 5) is 28.4. The molecule has 118 valence electrons. The number of nitrogens with one attached hydrogen (secondary N) is 2. The maximum absolute atomic E-state index is 12.3. The smallest absolute Gasteiger partial charge is 0.407 e. The third-order valence-corrected chi connectivity index (χ3v) is 3.73. The number of aryl methyl sites for hydroxylation is 1. The number of amides is 2. The van der Waals surface area contributed by atoms with Gasteiger partial charge < -0.3 is 19.9 Å². The molecule has 0 spiro atoms. The minimum absolute atomic E-state index is 0.177. The predicted octanol–water partition coefficient (Wildman–Crippen LogP) is 2.18. The Bertz CT molecular complexity index is 693. The number of likely N-dealkylation sites (N-methyl/N-ethyl adjacent to an activating group) is 1. The van der Waals surface area contributed by atoms with Crippen molar-refractivity contribution in [3.8, 4) is 0 Å². The molecule has 2 amide bonds. The van der Waals surface area contributed by atoms with Gasteiger partial charge in [0.25, 0.3) is 0 Å². The normalized spacial score (nSPS) is 12.0. The molecule has 2 rings (SSSR count). The number of nitrogens with zero attached hydrogens (tertiary/aromatic N) is 1. The second-order valence-electron chi connectivity index (χ2n) is 5.33. The van der Waals surface area contributed by atoms with Crippen molar-refractivity contribution in [1.82, 2.24) is 15.2 Å². The monoisotopic (exact) mass is 303 g/mol. The third-order valence-electron chi connectivity index (χ3n) is 3.73. The van der Waals surface area contributed by atoms with Crippen LogP contribution in [-0.2, 0) is 16.1 Å². The lowest BCUT2D eigenvalue weighted by atomic mass is 10.1. The fraction of sp³-hybridized carbons (Fsp3) is 0.375. The molecule has 6 nitrogen and oxygen atoms in total. The molecule has 0 aliphatic carbocycles. The number of para-hydroxylation sites is 1. The summed E-state index contributed by atoms with van der Waals surface area (Å²) in [6, 6.07) is 7.38. The zero-order valence-electron chi connectivity index (χ0n) is 13.3. The average molecular weight is 303 g/mol. The van der Waals surface area contributed by atoms with Crippen molar-refractivity contribution in [2.24, 2.45) is 0 Å². The van der Waals surface area contributed by atoms with E-state index in [1.165, 1.54) is 7.11 Å². The van der Waals surface area contributed by atoms with Crippen molar-refractivity contribution in [3.63, 3.8) is 0 Å². The molecular weight excluding hydrogens is 282 g/mol. The van der Waals surface area contributed by atoms with Gasteiger partial charge in [0.05, 0.1) is 13.7 Å². The lowest BCUT2D eigenvalue weighted by Crippen LogP contribution is -2.45. The van der Waals surface area contributed by atoms with Crippen molar-refractivity contribution in [3.05, 3.63) is 35.5 Å². The fourth-order valence-electron chi connectivity index (χ4n) is 2.44. The van der Waals surface area contributed by atoms with E-state index in [1.807, 2.05) is 31.2 Å². The minimum Gasteiger partial charge on any atom is -0.453 e. The average Bonchev–Trinajstić information content (AvgIpc) is 2.82. The van der Waals surface area contributed by atoms with Crippen molar-refractivity contribution in [2.45, 2.75) is 26.4 Å². The molecule has 1 heterocycles. The SMILES string of the molecule is COC(=O)NC(C)C(=O)N(C)Cc1[nH]c2ccccc2c1C. The van der Waals surface area contributed by atoms with E-state index in [1.54, 1.807) is 18.9 Å². The quantitative estimate of drug-likeness (QED) is 0.909. The molecule has 1 unspecified atom stereocenters. The Morgan fingerprint density at radius 1 is 1.36 bits per heavy atom. The van der Waals surface area contributed by atoms with Crippen molar-refractivity contribution in [1.29, 1.82) is 0 Å². The summed E-state index contributed by atoms with van der Waals surface area (Å²) in [6.45, 7) is 4.11. The molecule has 0 bridgehead atoms. The van der Waals surface area contributed by atoms with Gasteiger partial charge >= 0.3 is 6.09 Å². The molecule has 0 radical (unpaired) electrons. The van der Waals surface area contributed by atoms with Gasteiger partial charge in [0, 0.05) is 23.6 Å². The van der Waals surface area contributed by atoms with E-state index in [2.05, 4.69) is 15.0 Å². The molecule has 6 heteroatoms. The highest BCUT2D eigenvalue weighted by Gasteiger charge is 2.21. The molecule has 0 aliphatic rings. The Labute approximate surface area is 129 Å². The van der Waals surface area contributed by atoms with Gasteiger partial charge in [-0.05, 0) is 25.5 Å². The second-order valence-corrected chi connectivity index (χ2v) is 5.33. The molecular formula is C16H21N3O3. The summed E-state index contributed by atoms with van der Waals surface area (Å²) in [7, 11) is 2.98. The summed E-state index contributed by atoms with van der Waals surface area (Å²) in [5.41, 5.74) is 3.17. The van der Waals surface area contributed by atoms with Crippen LogP contribution < -0.4 is 5.32 Å². The van der Waals surface area contributed by atoms with Gasteiger partial charge in [-0.15, -0.1) is 0 Å². The molecule has 1 atom stereocenters. The first-order chi connectivity index (χ1) is 10.4. The van der Waals surface area contributed by atoms with E-state index in [0.29, 0.717) is 6.54 Å². The number of carbonyl (C=O) groups excluding carboxylic acids is 2. The van der Waals surface area contributed by atoms with Crippen LogP contribution in [0.3, 0.4) is 0 Å². The lowest BCUT2D eigenvalue weighted by Gasteiger charge is -2.21. The van der Waals surface area contributed by atoms with Gasteiger partial charge in [0.15, 0.2) is 0 Å². The van der Waals surface area contributed by atoms with E-state index >= 15 is 0 Å². The first kappa shape index (κ1) is 15.9. The van der Waals surface area contributed by atoms with E-state index < -0.39 is 12.1 Å². The maximum Gasteiger partial charge on any atom is 0.407 e. The van der Waals surface area contributed by atoms with Crippen LogP contribution in [0.2, 0.25) is 0 Å². The van der Waals surface area contributed by atoms with E-state index in [9.17, 15) is 9.59 Å². The zero-order chi connectivity index (χ0) is 16.3. The van der Waals surface area contributed by atoms with E-state index in [4.69, 9.17) is 0 Å². The number of fused-ring (bicyclic) bond motifs is 1. The topological polar surface area (TPSA) is 74.4 Å². The number of hydrogen-bond acceptors (Lipinski definition) is 3. The number of rotatable bonds is 4. The fourth-order valence-corrected chi connectivity index (χ4v) is 2.44. The van der Waals surface area contributed by atoms with Crippen LogP contribution in [-0.4, -0.2) is 42.1 Å². The lowest BCUT2D eigenvalue weighted by molar-refractivity contribution is -0.132. The number of ether oxygens (including phenoxy) is 1. The predicted molar refractivity (Wildman–Crippen MR) is 84.5 cm³/mol. The highest BCUT2D eigenvalue weighted by Crippen LogP contribution is 2.22. The Balaban J connectivity index is 2.10. The van der Waals surface area contributed by atoms with Crippen LogP contribution in [0.1, 0.15) is 18.2 Å². The van der Waals surface area contributed by atoms with Crippen LogP contribution >= 0.6 is 0 Å². The number of benzene rings is 1. The van der Waals surface area contributed by atoms with Crippen LogP contribution in [0, 0.1) is 6.92 Å². The number of aromatic amines is 1. The summed E-state index contributed by atoms with van der Waals surface area (Å²) in [6.07, 6.45) is -0.615. The summed E-state index contributed by atoms with van der Waals surface area (Å²) < 4.78 is 4.50. The van der Waals surface area contributed by atoms with Crippen LogP contribution in [0.15, 0.2) is 24.3 Å². The Morgan fingerprint density at radius 2 is 2.05 bits per heavy atom. The largest absolute Gasteiger partial charge is 0.453 e. The Morgan fingerprint density at radius 3 is 2.68 bits per heavy atom. The second kappa shape index (κ2) is 6.51. The molecule has 0 saturated carbocycles. The first-order valence-electron chi connectivity index (χ1n) is 7.09. The van der Waals surface area contributed by atoms with Crippen molar-refractivity contribution < 1.29 is 14.3 Å². The maximum atomic E-state index is 12.3. The Kier molecular flexibility index (Phi) is 4.70. The molecule has 2 N–H and O–H groups in total. The Hall–Kier alpha value is -2.50. The highest BCUT2D eigenvalue weighted by molar-refractivity contribution is 5.86. The number of aromatic nitrogens is 1. The summed E-state index contributed by atoms with van der Waals surface area (Å²) in [5.74, 6) is -0.177. The molecule has 1 aromatic carbocycles. The first-order valence-corrected chi connectivity index (χ1v) is 7.09. The highest BCUT2D eigenvalue weighted by atomic mass is 16.5. The van der Waals surface area contributed by atoms with Gasteiger partial charge in [-0.2, -0.15) is 0 Å². The van der Waals surface area contributed by atoms with E-state index in [-0.39, 0.29) is 5.91 Å². The van der Waals surface area contributed by atoms with Gasteiger partial charge in [0.2, 0.25) is 5.91 Å². The number of hydrogen-bond donors (Lipinski definition) is 2. The summed E-state index contributed by atoms with van der Waals surface area (Å²) >= 11 is 0. The third kappa shape index (κ3) is 3.21. The molecule has 22 heavy (non-hydrogen) atoms. The molecule has 0 aliphatic heterocycles. The standard InChI is InChI=1S/C16H21N3O3/c1-10-12-7-5-6-8-13(12)18-14(10)9-19(3)15(20)11(2)17-16(21)22-4/h5-8,11,18H,9H2,1-4H3,(H,17,21). The molecule has 0 saturated heterocycles. The van der Waals surface area contributed by atoms with Gasteiger partial charge in [-0.3, -0.25) is 4.79 Å². The number of H-pyrrole nitrogens is 1. The van der Waals surface area contributed by atoms with Crippen LogP contribution in [0.4, 0.5) is 4.79 Å². The zero-order valence-corrected chi connectivity index (χ0v) is 13.3. The van der Waals surface area contributed by atoms with Gasteiger partial charge in [0.1, 0.15) is 6.04 Å². The van der Waals surface area contributed by atoms with Crippen LogP contribution in [0.5, 0.6) is 0 Å². The van der Waals surface area contributed by atoms with Crippen molar-refractivity contribution >= 4 is 22.9 Å². The number of alkyl carbamates (subject to hydrolysis) is 1. The minimum atomic E-state index is -0.637. The molecule has 0 fully saturated rings. The molecule has 2 aromatic rings. The van der Waals surface area contributed by atoms with Gasteiger partial charge in [-0.1, -0.05) is 18.2 Å². The van der Waals surface area contributed by atoms with E-state index in [0.717, 1.165) is 22.2 Å². The number of carbonyl (C=O) groups is 2. The van der Waals surface area contributed by atoms with Crippen LogP contribution in [0.25, 0.3) is 10.9 Å². The number of methoxy groups -OCH3 is 1.